The molecule has 29 heavy (non-hydrogen) atoms. The Balaban J connectivity index is 1.64. The monoisotopic (exact) mass is 385 g/mol. The van der Waals surface area contributed by atoms with E-state index in [4.69, 9.17) is 4.98 Å². The first-order valence-electron chi connectivity index (χ1n) is 9.11. The van der Waals surface area contributed by atoms with Crippen LogP contribution in [0.5, 0.6) is 0 Å². The van der Waals surface area contributed by atoms with E-state index >= 15 is 0 Å². The minimum absolute atomic E-state index is 0.163. The maximum absolute atomic E-state index is 13.7. The summed E-state index contributed by atoms with van der Waals surface area (Å²) in [7, 11) is 0. The van der Waals surface area contributed by atoms with Gasteiger partial charge in [-0.15, -0.1) is 0 Å². The van der Waals surface area contributed by atoms with Crippen molar-refractivity contribution in [2.75, 3.05) is 5.32 Å². The fourth-order valence-corrected chi connectivity index (χ4v) is 3.35. The number of halogens is 1. The van der Waals surface area contributed by atoms with E-state index < -0.39 is 0 Å². The largest absolute Gasteiger partial charge is 0.362 e. The summed E-state index contributed by atoms with van der Waals surface area (Å²) in [4.78, 5) is 24.9. The number of nitrogens with zero attached hydrogens (tertiary/aromatic N) is 5. The van der Waals surface area contributed by atoms with Crippen molar-refractivity contribution in [2.45, 2.75) is 13.0 Å². The average Bonchev–Trinajstić information content (AvgIpc) is 3.23. The van der Waals surface area contributed by atoms with Crippen LogP contribution in [0.4, 0.5) is 10.2 Å². The van der Waals surface area contributed by atoms with Gasteiger partial charge in [-0.2, -0.15) is 0 Å². The second kappa shape index (κ2) is 6.90. The molecule has 0 spiro atoms. The number of imidazole rings is 1. The predicted molar refractivity (Wildman–Crippen MR) is 109 cm³/mol. The Morgan fingerprint density at radius 3 is 2.83 bits per heavy atom. The van der Waals surface area contributed by atoms with Crippen molar-refractivity contribution >= 4 is 27.9 Å². The third-order valence-corrected chi connectivity index (χ3v) is 4.75. The lowest BCUT2D eigenvalue weighted by Crippen LogP contribution is -2.11. The molecular formula is C21H16FN7. The van der Waals surface area contributed by atoms with Gasteiger partial charge in [-0.3, -0.25) is 4.98 Å². The molecule has 0 saturated carbocycles. The van der Waals surface area contributed by atoms with Gasteiger partial charge in [0.1, 0.15) is 17.7 Å². The highest BCUT2D eigenvalue weighted by Gasteiger charge is 2.18. The summed E-state index contributed by atoms with van der Waals surface area (Å²) >= 11 is 0. The van der Waals surface area contributed by atoms with Gasteiger partial charge >= 0.3 is 0 Å². The Morgan fingerprint density at radius 1 is 1.03 bits per heavy atom. The number of hydrogen-bond donors (Lipinski definition) is 2. The SMILES string of the molecule is CC(Nc1ncnc2[nH]cnc12)c1cc2ccc(F)cc2nc1-c1ccccn1. The second-order valence-corrected chi connectivity index (χ2v) is 6.67. The smallest absolute Gasteiger partial charge is 0.162 e. The molecule has 142 valence electrons. The predicted octanol–water partition coefficient (Wildman–Crippen LogP) is 4.28. The van der Waals surface area contributed by atoms with Gasteiger partial charge in [-0.1, -0.05) is 6.07 Å². The first-order chi connectivity index (χ1) is 14.2. The number of aromatic nitrogens is 6. The fraction of sp³-hybridized carbons (Fsp3) is 0.0952. The van der Waals surface area contributed by atoms with Gasteiger partial charge in [0.15, 0.2) is 11.5 Å². The van der Waals surface area contributed by atoms with Crippen LogP contribution in [0.25, 0.3) is 33.5 Å². The van der Waals surface area contributed by atoms with Gasteiger partial charge in [-0.25, -0.2) is 24.3 Å². The molecule has 0 fully saturated rings. The van der Waals surface area contributed by atoms with Gasteiger partial charge in [0.05, 0.1) is 29.3 Å². The van der Waals surface area contributed by atoms with Crippen molar-refractivity contribution in [2.24, 2.45) is 0 Å². The van der Waals surface area contributed by atoms with Crippen LogP contribution in [0.1, 0.15) is 18.5 Å². The Hall–Kier alpha value is -3.94. The van der Waals surface area contributed by atoms with Crippen LogP contribution < -0.4 is 5.32 Å². The van der Waals surface area contributed by atoms with E-state index in [1.54, 1.807) is 18.6 Å². The molecular weight excluding hydrogens is 369 g/mol. The number of rotatable bonds is 4. The van der Waals surface area contributed by atoms with Crippen LogP contribution in [0.2, 0.25) is 0 Å². The fourth-order valence-electron chi connectivity index (χ4n) is 3.35. The lowest BCUT2D eigenvalue weighted by Gasteiger charge is -2.19. The zero-order valence-electron chi connectivity index (χ0n) is 15.5. The quantitative estimate of drug-likeness (QED) is 0.480. The summed E-state index contributed by atoms with van der Waals surface area (Å²) in [6.45, 7) is 2.01. The van der Waals surface area contributed by atoms with Crippen LogP contribution in [0, 0.1) is 5.82 Å². The Kier molecular flexibility index (Phi) is 4.09. The molecule has 0 aliphatic rings. The summed E-state index contributed by atoms with van der Waals surface area (Å²) in [5.74, 6) is 0.299. The number of nitrogens with one attached hydrogen (secondary N) is 2. The van der Waals surface area contributed by atoms with Crippen LogP contribution in [0.3, 0.4) is 0 Å². The molecule has 1 aromatic carbocycles. The van der Waals surface area contributed by atoms with E-state index in [9.17, 15) is 4.39 Å². The number of hydrogen-bond acceptors (Lipinski definition) is 6. The number of pyridine rings is 2. The van der Waals surface area contributed by atoms with Gasteiger partial charge < -0.3 is 10.3 Å². The van der Waals surface area contributed by atoms with Crippen molar-refractivity contribution < 1.29 is 4.39 Å². The van der Waals surface area contributed by atoms with Crippen molar-refractivity contribution in [3.63, 3.8) is 0 Å². The van der Waals surface area contributed by atoms with E-state index in [2.05, 4.69) is 30.2 Å². The van der Waals surface area contributed by atoms with E-state index in [0.29, 0.717) is 28.2 Å². The van der Waals surface area contributed by atoms with Crippen molar-refractivity contribution in [3.05, 3.63) is 72.7 Å². The minimum Gasteiger partial charge on any atom is -0.362 e. The van der Waals surface area contributed by atoms with Crippen molar-refractivity contribution in [1.82, 2.24) is 29.9 Å². The summed E-state index contributed by atoms with van der Waals surface area (Å²) in [5.41, 5.74) is 4.23. The Bertz CT molecular complexity index is 1320. The average molecular weight is 385 g/mol. The molecule has 0 saturated heterocycles. The summed E-state index contributed by atoms with van der Waals surface area (Å²) in [6.07, 6.45) is 4.78. The molecule has 2 N–H and O–H groups in total. The number of aromatic amines is 1. The highest BCUT2D eigenvalue weighted by molar-refractivity contribution is 5.85. The third-order valence-electron chi connectivity index (χ3n) is 4.75. The normalized spacial score (nSPS) is 12.3. The highest BCUT2D eigenvalue weighted by Crippen LogP contribution is 2.31. The molecule has 7 nitrogen and oxygen atoms in total. The van der Waals surface area contributed by atoms with Crippen LogP contribution in [0.15, 0.2) is 61.3 Å². The lowest BCUT2D eigenvalue weighted by atomic mass is 10.0. The topological polar surface area (TPSA) is 92.3 Å². The van der Waals surface area contributed by atoms with E-state index in [0.717, 1.165) is 16.6 Å². The van der Waals surface area contributed by atoms with E-state index in [1.807, 2.05) is 31.2 Å². The molecule has 0 bridgehead atoms. The third kappa shape index (κ3) is 3.14. The molecule has 5 rings (SSSR count). The van der Waals surface area contributed by atoms with Gasteiger partial charge in [-0.05, 0) is 37.3 Å². The molecule has 0 aliphatic heterocycles. The molecule has 4 heterocycles. The molecule has 4 aromatic heterocycles. The van der Waals surface area contributed by atoms with Crippen molar-refractivity contribution in [3.8, 4) is 11.4 Å². The van der Waals surface area contributed by atoms with Gasteiger partial charge in [0.2, 0.25) is 0 Å². The molecule has 0 amide bonds. The number of fused-ring (bicyclic) bond motifs is 2. The number of benzene rings is 1. The molecule has 1 unspecified atom stereocenters. The molecule has 0 radical (unpaired) electrons. The number of H-pyrrole nitrogens is 1. The van der Waals surface area contributed by atoms with Gasteiger partial charge in [0.25, 0.3) is 0 Å². The van der Waals surface area contributed by atoms with Crippen LogP contribution in [-0.2, 0) is 0 Å². The first kappa shape index (κ1) is 17.2. The zero-order valence-corrected chi connectivity index (χ0v) is 15.5. The van der Waals surface area contributed by atoms with Crippen molar-refractivity contribution in [1.29, 1.82) is 0 Å². The number of anilines is 1. The summed E-state index contributed by atoms with van der Waals surface area (Å²) in [6, 6.07) is 12.1. The van der Waals surface area contributed by atoms with Gasteiger partial charge in [0, 0.05) is 23.2 Å². The maximum atomic E-state index is 13.7. The standard InChI is InChI=1S/C21H16FN7/c1-12(28-21-19-20(25-10-24-19)26-11-27-21)15-8-13-5-6-14(22)9-17(13)29-18(15)16-4-2-3-7-23-16/h2-12H,1H3,(H2,24,25,26,27,28). The first-order valence-corrected chi connectivity index (χ1v) is 9.11. The Morgan fingerprint density at radius 2 is 1.97 bits per heavy atom. The second-order valence-electron chi connectivity index (χ2n) is 6.67. The Labute approximate surface area is 165 Å². The maximum Gasteiger partial charge on any atom is 0.162 e. The molecule has 5 aromatic rings. The highest BCUT2D eigenvalue weighted by atomic mass is 19.1. The molecule has 1 atom stereocenters. The molecule has 8 heteroatoms. The van der Waals surface area contributed by atoms with E-state index in [-0.39, 0.29) is 11.9 Å². The van der Waals surface area contributed by atoms with Crippen LogP contribution in [-0.4, -0.2) is 29.9 Å². The summed E-state index contributed by atoms with van der Waals surface area (Å²) in [5, 5.41) is 4.25. The van der Waals surface area contributed by atoms with E-state index in [1.165, 1.54) is 18.5 Å². The van der Waals surface area contributed by atoms with Crippen LogP contribution >= 0.6 is 0 Å². The minimum atomic E-state index is -0.321. The lowest BCUT2D eigenvalue weighted by molar-refractivity contribution is 0.629. The molecule has 0 aliphatic carbocycles. The summed E-state index contributed by atoms with van der Waals surface area (Å²) < 4.78 is 13.7. The zero-order chi connectivity index (χ0) is 19.8.